The Morgan fingerprint density at radius 2 is 1.75 bits per heavy atom. The van der Waals surface area contributed by atoms with Crippen LogP contribution in [0.3, 0.4) is 0 Å². The Balaban J connectivity index is 1.39. The number of primary amides is 1. The number of nitrogens with two attached hydrogens (primary N) is 1. The van der Waals surface area contributed by atoms with Gasteiger partial charge in [-0.05, 0) is 68.0 Å². The van der Waals surface area contributed by atoms with Crippen LogP contribution in [0.4, 0.5) is 11.4 Å². The summed E-state index contributed by atoms with van der Waals surface area (Å²) in [4.78, 5) is 40.6. The van der Waals surface area contributed by atoms with Gasteiger partial charge in [-0.25, -0.2) is 0 Å². The van der Waals surface area contributed by atoms with Crippen molar-refractivity contribution in [1.29, 1.82) is 0 Å². The molecule has 2 heterocycles. The van der Waals surface area contributed by atoms with E-state index in [9.17, 15) is 14.4 Å². The monoisotopic (exact) mass is 434 g/mol. The van der Waals surface area contributed by atoms with E-state index in [0.29, 0.717) is 18.5 Å². The number of carbonyl (C=O) groups is 3. The number of piperidine rings is 2. The maximum atomic E-state index is 13.0. The summed E-state index contributed by atoms with van der Waals surface area (Å²) < 4.78 is 0. The second-order valence-electron chi connectivity index (χ2n) is 8.51. The highest BCUT2D eigenvalue weighted by atomic mass is 16.2. The summed E-state index contributed by atoms with van der Waals surface area (Å²) >= 11 is 0. The van der Waals surface area contributed by atoms with Crippen molar-refractivity contribution in [3.8, 4) is 0 Å². The van der Waals surface area contributed by atoms with E-state index in [4.69, 9.17) is 5.73 Å². The zero-order valence-electron chi connectivity index (χ0n) is 18.3. The zero-order chi connectivity index (χ0) is 22.5. The lowest BCUT2D eigenvalue weighted by molar-refractivity contribution is -0.123. The third kappa shape index (κ3) is 4.93. The molecule has 0 radical (unpaired) electrons. The smallest absolute Gasteiger partial charge is 0.248 e. The standard InChI is InChI=1S/C25H30N4O3/c26-24(31)19-6-5-7-21(16-19)28-14-3-1-8-22(28)25(32)27-17-18-10-12-20(13-11-18)29-15-4-2-9-23(29)30/h5-7,10-13,16,22H,1-4,8-9,14-15,17H2,(H2,26,31)(H,27,32). The molecule has 2 aromatic rings. The van der Waals surface area contributed by atoms with Crippen LogP contribution in [-0.4, -0.2) is 36.9 Å². The quantitative estimate of drug-likeness (QED) is 0.731. The number of rotatable bonds is 6. The maximum absolute atomic E-state index is 13.0. The third-order valence-electron chi connectivity index (χ3n) is 6.31. The molecule has 0 bridgehead atoms. The Hall–Kier alpha value is -3.35. The lowest BCUT2D eigenvalue weighted by Crippen LogP contribution is -2.49. The van der Waals surface area contributed by atoms with Gasteiger partial charge in [0.15, 0.2) is 0 Å². The van der Waals surface area contributed by atoms with Gasteiger partial charge in [0.2, 0.25) is 17.7 Å². The summed E-state index contributed by atoms with van der Waals surface area (Å²) in [7, 11) is 0. The van der Waals surface area contributed by atoms with E-state index in [1.807, 2.05) is 35.2 Å². The Kier molecular flexibility index (Phi) is 6.73. The highest BCUT2D eigenvalue weighted by Gasteiger charge is 2.29. The van der Waals surface area contributed by atoms with Gasteiger partial charge in [-0.1, -0.05) is 18.2 Å². The van der Waals surface area contributed by atoms with Crippen LogP contribution >= 0.6 is 0 Å². The SMILES string of the molecule is NC(=O)c1cccc(N2CCCCC2C(=O)NCc2ccc(N3CCCCC3=O)cc2)c1. The number of carbonyl (C=O) groups excluding carboxylic acids is 3. The number of amides is 3. The van der Waals surface area contributed by atoms with E-state index in [1.165, 1.54) is 0 Å². The molecule has 0 spiro atoms. The van der Waals surface area contributed by atoms with Crippen molar-refractivity contribution in [2.75, 3.05) is 22.9 Å². The van der Waals surface area contributed by atoms with Crippen LogP contribution in [0.2, 0.25) is 0 Å². The molecule has 2 aliphatic heterocycles. The average molecular weight is 435 g/mol. The van der Waals surface area contributed by atoms with Gasteiger partial charge in [0.25, 0.3) is 0 Å². The molecule has 0 aliphatic carbocycles. The second kappa shape index (κ2) is 9.85. The van der Waals surface area contributed by atoms with Gasteiger partial charge in [0, 0.05) is 43.0 Å². The minimum Gasteiger partial charge on any atom is -0.366 e. The van der Waals surface area contributed by atoms with E-state index in [1.54, 1.807) is 18.2 Å². The molecule has 2 saturated heterocycles. The van der Waals surface area contributed by atoms with Crippen LogP contribution in [0.1, 0.15) is 54.4 Å². The number of nitrogens with zero attached hydrogens (tertiary/aromatic N) is 2. The van der Waals surface area contributed by atoms with Crippen molar-refractivity contribution in [3.05, 3.63) is 59.7 Å². The molecule has 7 nitrogen and oxygen atoms in total. The molecular formula is C25H30N4O3. The molecule has 1 atom stereocenters. The molecule has 7 heteroatoms. The first kappa shape index (κ1) is 21.9. The lowest BCUT2D eigenvalue weighted by atomic mass is 9.99. The normalized spacial score (nSPS) is 19.0. The summed E-state index contributed by atoms with van der Waals surface area (Å²) in [5, 5.41) is 3.06. The summed E-state index contributed by atoms with van der Waals surface area (Å²) in [6, 6.07) is 14.7. The van der Waals surface area contributed by atoms with Crippen LogP contribution in [0, 0.1) is 0 Å². The Morgan fingerprint density at radius 3 is 2.50 bits per heavy atom. The molecule has 4 rings (SSSR count). The first-order valence-corrected chi connectivity index (χ1v) is 11.4. The molecule has 32 heavy (non-hydrogen) atoms. The summed E-state index contributed by atoms with van der Waals surface area (Å²) in [5.41, 5.74) is 8.62. The van der Waals surface area contributed by atoms with Crippen LogP contribution in [0.5, 0.6) is 0 Å². The molecule has 0 saturated carbocycles. The lowest BCUT2D eigenvalue weighted by Gasteiger charge is -2.36. The first-order chi connectivity index (χ1) is 15.5. The van der Waals surface area contributed by atoms with Gasteiger partial charge in [-0.3, -0.25) is 14.4 Å². The van der Waals surface area contributed by atoms with Crippen molar-refractivity contribution in [1.82, 2.24) is 5.32 Å². The fourth-order valence-corrected chi connectivity index (χ4v) is 4.53. The fraction of sp³-hybridized carbons (Fsp3) is 0.400. The van der Waals surface area contributed by atoms with Gasteiger partial charge < -0.3 is 20.9 Å². The van der Waals surface area contributed by atoms with Gasteiger partial charge >= 0.3 is 0 Å². The molecule has 3 N–H and O–H groups in total. The number of hydrogen-bond donors (Lipinski definition) is 2. The largest absolute Gasteiger partial charge is 0.366 e. The molecule has 0 aromatic heterocycles. The van der Waals surface area contributed by atoms with Crippen molar-refractivity contribution in [2.45, 2.75) is 51.1 Å². The fourth-order valence-electron chi connectivity index (χ4n) is 4.53. The van der Waals surface area contributed by atoms with E-state index < -0.39 is 5.91 Å². The van der Waals surface area contributed by atoms with E-state index in [0.717, 1.165) is 62.1 Å². The average Bonchev–Trinajstić information content (AvgIpc) is 2.83. The summed E-state index contributed by atoms with van der Waals surface area (Å²) in [5.74, 6) is -0.320. The van der Waals surface area contributed by atoms with Crippen LogP contribution < -0.4 is 20.9 Å². The van der Waals surface area contributed by atoms with Gasteiger partial charge in [-0.2, -0.15) is 0 Å². The Labute approximate surface area is 188 Å². The number of hydrogen-bond acceptors (Lipinski definition) is 4. The topological polar surface area (TPSA) is 95.7 Å². The van der Waals surface area contributed by atoms with E-state index in [2.05, 4.69) is 10.2 Å². The summed E-state index contributed by atoms with van der Waals surface area (Å²) in [6.07, 6.45) is 5.36. The number of anilines is 2. The zero-order valence-corrected chi connectivity index (χ0v) is 18.3. The summed E-state index contributed by atoms with van der Waals surface area (Å²) in [6.45, 7) is 1.96. The van der Waals surface area contributed by atoms with Crippen LogP contribution in [-0.2, 0) is 16.1 Å². The molecule has 2 aliphatic rings. The van der Waals surface area contributed by atoms with Crippen LogP contribution in [0.15, 0.2) is 48.5 Å². The van der Waals surface area contributed by atoms with Crippen molar-refractivity contribution in [3.63, 3.8) is 0 Å². The molecular weight excluding hydrogens is 404 g/mol. The Morgan fingerprint density at radius 1 is 0.969 bits per heavy atom. The predicted octanol–water partition coefficient (Wildman–Crippen LogP) is 2.98. The van der Waals surface area contributed by atoms with Gasteiger partial charge in [0.1, 0.15) is 6.04 Å². The predicted molar refractivity (Wildman–Crippen MR) is 124 cm³/mol. The van der Waals surface area contributed by atoms with Gasteiger partial charge in [-0.15, -0.1) is 0 Å². The third-order valence-corrected chi connectivity index (χ3v) is 6.31. The second-order valence-corrected chi connectivity index (χ2v) is 8.51. The number of nitrogens with one attached hydrogen (secondary N) is 1. The minimum atomic E-state index is -0.473. The van der Waals surface area contributed by atoms with Crippen molar-refractivity contribution in [2.24, 2.45) is 5.73 Å². The molecule has 1 unspecified atom stereocenters. The highest BCUT2D eigenvalue weighted by molar-refractivity contribution is 5.94. The molecule has 2 aromatic carbocycles. The molecule has 168 valence electrons. The number of benzene rings is 2. The van der Waals surface area contributed by atoms with Crippen molar-refractivity contribution < 1.29 is 14.4 Å². The highest BCUT2D eigenvalue weighted by Crippen LogP contribution is 2.26. The maximum Gasteiger partial charge on any atom is 0.248 e. The molecule has 2 fully saturated rings. The van der Waals surface area contributed by atoms with Crippen molar-refractivity contribution >= 4 is 29.1 Å². The van der Waals surface area contributed by atoms with E-state index in [-0.39, 0.29) is 17.9 Å². The van der Waals surface area contributed by atoms with E-state index >= 15 is 0 Å². The minimum absolute atomic E-state index is 0.0236. The first-order valence-electron chi connectivity index (χ1n) is 11.4. The van der Waals surface area contributed by atoms with Gasteiger partial charge in [0.05, 0.1) is 0 Å². The molecule has 3 amide bonds. The van der Waals surface area contributed by atoms with Crippen LogP contribution in [0.25, 0.3) is 0 Å². The Bertz CT molecular complexity index is 989.